The minimum absolute atomic E-state index is 0.0162. The van der Waals surface area contributed by atoms with Crippen molar-refractivity contribution in [2.24, 2.45) is 34.1 Å². The van der Waals surface area contributed by atoms with E-state index in [0.29, 0.717) is 37.5 Å². The maximum Gasteiger partial charge on any atom is 0.311 e. The molecule has 2 aromatic rings. The van der Waals surface area contributed by atoms with E-state index < -0.39 is 0 Å². The Morgan fingerprint density at radius 2 is 1.10 bits per heavy atom. The number of unbranched alkanes of at least 4 members (excludes halogenated alkanes) is 3. The molecule has 0 saturated heterocycles. The van der Waals surface area contributed by atoms with Crippen LogP contribution in [0.3, 0.4) is 0 Å². The molecule has 50 heavy (non-hydrogen) atoms. The van der Waals surface area contributed by atoms with Crippen LogP contribution in [0.25, 0.3) is 0 Å². The van der Waals surface area contributed by atoms with Gasteiger partial charge in [0.05, 0.1) is 0 Å². The number of nitrogens with two attached hydrogens (primary N) is 2. The Morgan fingerprint density at radius 1 is 0.680 bits per heavy atom. The van der Waals surface area contributed by atoms with E-state index in [0.717, 1.165) is 73.6 Å². The molecule has 3 unspecified atom stereocenters. The van der Waals surface area contributed by atoms with E-state index in [9.17, 15) is 9.59 Å². The van der Waals surface area contributed by atoms with E-state index in [1.165, 1.54) is 37.8 Å². The summed E-state index contributed by atoms with van der Waals surface area (Å²) >= 11 is 0. The van der Waals surface area contributed by atoms with Crippen LogP contribution in [-0.2, 0) is 33.3 Å². The first-order valence-corrected chi connectivity index (χ1v) is 19.5. The van der Waals surface area contributed by atoms with Gasteiger partial charge in [0.25, 0.3) is 0 Å². The van der Waals surface area contributed by atoms with Crippen molar-refractivity contribution in [3.8, 4) is 11.5 Å². The fraction of sp³-hybridized carbons (Fsp3) is 0.667. The third-order valence-electron chi connectivity index (χ3n) is 14.7. The average molecular weight is 689 g/mol. The zero-order valence-electron chi connectivity index (χ0n) is 29.9. The Labute approximate surface area is 295 Å². The van der Waals surface area contributed by atoms with E-state index >= 15 is 8.78 Å². The molecule has 0 amide bonds. The second-order valence-electron chi connectivity index (χ2n) is 17.6. The van der Waals surface area contributed by atoms with Gasteiger partial charge in [-0.15, -0.1) is 0 Å². The summed E-state index contributed by atoms with van der Waals surface area (Å²) in [6.07, 6.45) is 15.4. The quantitative estimate of drug-likeness (QED) is 0.156. The highest BCUT2D eigenvalue weighted by Gasteiger charge is 2.66. The third-order valence-corrected chi connectivity index (χ3v) is 14.7. The molecule has 270 valence electrons. The van der Waals surface area contributed by atoms with Crippen LogP contribution < -0.4 is 20.9 Å². The maximum absolute atomic E-state index is 15.5. The lowest BCUT2D eigenvalue weighted by molar-refractivity contribution is -0.135. The van der Waals surface area contributed by atoms with Crippen molar-refractivity contribution < 1.29 is 27.8 Å². The predicted octanol–water partition coefficient (Wildman–Crippen LogP) is 8.26. The molecule has 0 radical (unpaired) electrons. The summed E-state index contributed by atoms with van der Waals surface area (Å²) in [5, 5.41) is 0. The number of fused-ring (bicyclic) bond motifs is 6. The molecule has 4 fully saturated rings. The fourth-order valence-electron chi connectivity index (χ4n) is 11.6. The van der Waals surface area contributed by atoms with Gasteiger partial charge in [-0.25, -0.2) is 8.78 Å². The molecule has 4 bridgehead atoms. The van der Waals surface area contributed by atoms with Gasteiger partial charge in [0.15, 0.2) is 0 Å². The molecule has 2 spiro atoms. The Bertz CT molecular complexity index is 1590. The Balaban J connectivity index is 0.814. The van der Waals surface area contributed by atoms with Crippen molar-refractivity contribution in [2.75, 3.05) is 0 Å². The van der Waals surface area contributed by atoms with Crippen molar-refractivity contribution in [1.29, 1.82) is 0 Å². The van der Waals surface area contributed by atoms with E-state index in [-0.39, 0.29) is 81.7 Å². The van der Waals surface area contributed by atoms with Crippen LogP contribution in [0.5, 0.6) is 11.5 Å². The largest absolute Gasteiger partial charge is 0.426 e. The number of halogens is 2. The van der Waals surface area contributed by atoms with E-state index in [4.69, 9.17) is 20.9 Å². The van der Waals surface area contributed by atoms with E-state index in [1.807, 2.05) is 12.1 Å². The maximum atomic E-state index is 15.5. The van der Waals surface area contributed by atoms with Crippen molar-refractivity contribution in [3.63, 3.8) is 0 Å². The Kier molecular flexibility index (Phi) is 8.49. The van der Waals surface area contributed by atoms with Crippen molar-refractivity contribution in [1.82, 2.24) is 0 Å². The number of esters is 2. The summed E-state index contributed by atoms with van der Waals surface area (Å²) in [6.45, 7) is 4.35. The molecular weight excluding hydrogens is 634 g/mol. The van der Waals surface area contributed by atoms with Gasteiger partial charge in [-0.1, -0.05) is 52.4 Å². The molecule has 0 aromatic heterocycles. The fourth-order valence-corrected chi connectivity index (χ4v) is 11.6. The van der Waals surface area contributed by atoms with Crippen molar-refractivity contribution >= 4 is 11.9 Å². The molecule has 8 heteroatoms. The SMILES string of the molecule is C[C@@]12CCCCC3CC3(Cc3c(F)cc(OC(=O)CCCCCCC(=O)Oc4cc(F)c5c(c4)[C@@]4(C)CCCC[C@H]6CC6(C5)[C@@H]4N)cc31)[C@@H]2N. The topological polar surface area (TPSA) is 105 Å². The van der Waals surface area contributed by atoms with Gasteiger partial charge >= 0.3 is 11.9 Å². The summed E-state index contributed by atoms with van der Waals surface area (Å²) < 4.78 is 42.4. The molecule has 0 aliphatic heterocycles. The highest BCUT2D eigenvalue weighted by atomic mass is 19.1. The second kappa shape index (κ2) is 12.4. The monoisotopic (exact) mass is 688 g/mol. The Morgan fingerprint density at radius 3 is 1.52 bits per heavy atom. The molecule has 4 N–H and O–H groups in total. The summed E-state index contributed by atoms with van der Waals surface area (Å²) in [6, 6.07) is 6.44. The molecule has 8 atom stereocenters. The lowest BCUT2D eigenvalue weighted by Crippen LogP contribution is -2.55. The van der Waals surface area contributed by atoms with E-state index in [2.05, 4.69) is 13.8 Å². The molecule has 2 aromatic carbocycles. The predicted molar refractivity (Wildman–Crippen MR) is 188 cm³/mol. The van der Waals surface area contributed by atoms with Gasteiger partial charge in [-0.3, -0.25) is 9.59 Å². The summed E-state index contributed by atoms with van der Waals surface area (Å²) in [5.41, 5.74) is 16.6. The molecule has 0 heterocycles. The van der Waals surface area contributed by atoms with Crippen LogP contribution in [0.2, 0.25) is 0 Å². The van der Waals surface area contributed by atoms with Gasteiger partial charge in [0, 0.05) is 47.9 Å². The molecule has 6 nitrogen and oxygen atoms in total. The molecular formula is C42H54F2N2O4. The smallest absolute Gasteiger partial charge is 0.311 e. The minimum atomic E-state index is -0.388. The van der Waals surface area contributed by atoms with Crippen LogP contribution in [0.15, 0.2) is 24.3 Å². The van der Waals surface area contributed by atoms with Crippen LogP contribution in [0.4, 0.5) is 8.78 Å². The first-order valence-electron chi connectivity index (χ1n) is 19.5. The van der Waals surface area contributed by atoms with Crippen LogP contribution in [0.1, 0.15) is 139 Å². The normalized spacial score (nSPS) is 36.2. The number of benzene rings is 2. The standard InChI is InChI=1S/C42H54F2N2O4/c1-39-15-9-7-11-25-21-41(25,37(39)45)23-29-31(39)17-27(19-33(29)43)49-35(47)13-5-3-4-6-14-36(48)50-28-18-32-30(34(44)20-28)24-42-22-26(42)12-8-10-16-40(32,2)38(42)46/h17-20,25-26,37-38H,3-16,21-24,45-46H2,1-2H3/t25-,26?,37+,38+,39+,40+,41?,42?/m0/s1. The number of carbonyl (C=O) groups excluding carboxylic acids is 2. The minimum Gasteiger partial charge on any atom is -0.426 e. The molecule has 4 saturated carbocycles. The number of hydrogen-bond donors (Lipinski definition) is 2. The summed E-state index contributed by atoms with van der Waals surface area (Å²) in [5.74, 6) is 0.342. The average Bonchev–Trinajstić information content (AvgIpc) is 3.97. The van der Waals surface area contributed by atoms with Crippen molar-refractivity contribution in [2.45, 2.75) is 152 Å². The van der Waals surface area contributed by atoms with E-state index in [1.54, 1.807) is 0 Å². The number of carbonyl (C=O) groups is 2. The lowest BCUT2D eigenvalue weighted by Gasteiger charge is -2.48. The van der Waals surface area contributed by atoms with Gasteiger partial charge in [-0.2, -0.15) is 0 Å². The van der Waals surface area contributed by atoms with Crippen LogP contribution in [0, 0.1) is 34.3 Å². The van der Waals surface area contributed by atoms with Gasteiger partial charge in [0.1, 0.15) is 23.1 Å². The second-order valence-corrected chi connectivity index (χ2v) is 17.6. The zero-order chi connectivity index (χ0) is 35.1. The number of hydrogen-bond acceptors (Lipinski definition) is 6. The first kappa shape index (κ1) is 34.3. The lowest BCUT2D eigenvalue weighted by atomic mass is 9.58. The number of rotatable bonds is 9. The highest BCUT2D eigenvalue weighted by molar-refractivity contribution is 5.73. The molecule has 6 aliphatic carbocycles. The van der Waals surface area contributed by atoms with Crippen molar-refractivity contribution in [3.05, 3.63) is 58.2 Å². The van der Waals surface area contributed by atoms with Gasteiger partial charge in [-0.05, 0) is 121 Å². The molecule has 6 aliphatic rings. The molecule has 8 rings (SSSR count). The third kappa shape index (κ3) is 5.53. The Hall–Kier alpha value is -2.84. The summed E-state index contributed by atoms with van der Waals surface area (Å²) in [7, 11) is 0. The zero-order valence-corrected chi connectivity index (χ0v) is 29.9. The van der Waals surface area contributed by atoms with Crippen LogP contribution >= 0.6 is 0 Å². The van der Waals surface area contributed by atoms with Gasteiger partial charge in [0.2, 0.25) is 0 Å². The highest BCUT2D eigenvalue weighted by Crippen LogP contribution is 2.68. The first-order chi connectivity index (χ1) is 23.9. The van der Waals surface area contributed by atoms with Crippen LogP contribution in [-0.4, -0.2) is 24.0 Å². The summed E-state index contributed by atoms with van der Waals surface area (Å²) in [4.78, 5) is 25.5. The van der Waals surface area contributed by atoms with Gasteiger partial charge < -0.3 is 20.9 Å². The number of ether oxygens (including phenoxy) is 2.